The summed E-state index contributed by atoms with van der Waals surface area (Å²) in [4.78, 5) is 27.9. The van der Waals surface area contributed by atoms with Crippen LogP contribution in [-0.2, 0) is 9.59 Å². The van der Waals surface area contributed by atoms with Gasteiger partial charge in [-0.05, 0) is 76.2 Å². The van der Waals surface area contributed by atoms with Crippen LogP contribution in [-0.4, -0.2) is 36.1 Å². The van der Waals surface area contributed by atoms with Crippen molar-refractivity contribution in [2.24, 2.45) is 0 Å². The molecule has 0 radical (unpaired) electrons. The molecule has 1 saturated heterocycles. The minimum atomic E-state index is -0.974. The van der Waals surface area contributed by atoms with Crippen molar-refractivity contribution in [3.05, 3.63) is 77.8 Å². The van der Waals surface area contributed by atoms with Gasteiger partial charge in [0.2, 0.25) is 0 Å². The molecule has 8 nitrogen and oxygen atoms in total. The number of ether oxygens (including phenoxy) is 3. The van der Waals surface area contributed by atoms with Gasteiger partial charge >= 0.3 is 0 Å². The number of aliphatic hydroxyl groups is 1. The first-order valence-corrected chi connectivity index (χ1v) is 11.9. The van der Waals surface area contributed by atoms with Gasteiger partial charge in [-0.3, -0.25) is 14.5 Å². The molecule has 36 heavy (non-hydrogen) atoms. The number of ketones is 1. The van der Waals surface area contributed by atoms with Crippen LogP contribution in [0.3, 0.4) is 0 Å². The molecule has 1 amide bonds. The van der Waals surface area contributed by atoms with E-state index in [1.165, 1.54) is 11.2 Å². The lowest BCUT2D eigenvalue weighted by molar-refractivity contribution is -0.132. The zero-order valence-corrected chi connectivity index (χ0v) is 20.7. The van der Waals surface area contributed by atoms with E-state index in [0.717, 1.165) is 0 Å². The number of nitrogens with zero attached hydrogens (tertiary/aromatic N) is 1. The van der Waals surface area contributed by atoms with Crippen molar-refractivity contribution in [1.29, 1.82) is 0 Å². The van der Waals surface area contributed by atoms with E-state index in [2.05, 4.69) is 0 Å². The van der Waals surface area contributed by atoms with Gasteiger partial charge in [0, 0.05) is 11.8 Å². The lowest BCUT2D eigenvalue weighted by Gasteiger charge is -2.24. The zero-order valence-electron chi connectivity index (χ0n) is 20.7. The SMILES string of the molecule is CCOc1ccc(/C(O)=C2/C(=O)C(=O)N(c3ccc(OC(C)C)cc3)C2c2ccco2)c(OCC)c1. The largest absolute Gasteiger partial charge is 0.507 e. The molecule has 1 N–H and O–H groups in total. The van der Waals surface area contributed by atoms with E-state index in [9.17, 15) is 14.7 Å². The van der Waals surface area contributed by atoms with Crippen molar-refractivity contribution in [3.8, 4) is 17.2 Å². The number of hydrogen-bond donors (Lipinski definition) is 1. The van der Waals surface area contributed by atoms with Gasteiger partial charge in [-0.15, -0.1) is 0 Å². The topological polar surface area (TPSA) is 98.4 Å². The van der Waals surface area contributed by atoms with Crippen molar-refractivity contribution in [2.45, 2.75) is 39.8 Å². The van der Waals surface area contributed by atoms with Crippen molar-refractivity contribution in [3.63, 3.8) is 0 Å². The van der Waals surface area contributed by atoms with Crippen LogP contribution in [0.5, 0.6) is 17.2 Å². The second-order valence-corrected chi connectivity index (χ2v) is 8.37. The highest BCUT2D eigenvalue weighted by Crippen LogP contribution is 2.44. The third-order valence-electron chi connectivity index (χ3n) is 5.56. The number of Topliss-reactive ketones (excluding diaryl/α,β-unsaturated/α-hetero) is 1. The van der Waals surface area contributed by atoms with Crippen LogP contribution in [0, 0.1) is 0 Å². The lowest BCUT2D eigenvalue weighted by atomic mass is 9.98. The number of aliphatic hydroxyl groups excluding tert-OH is 1. The molecular weight excluding hydrogens is 462 g/mol. The molecule has 0 aliphatic carbocycles. The Bertz CT molecular complexity index is 1260. The maximum Gasteiger partial charge on any atom is 0.300 e. The minimum Gasteiger partial charge on any atom is -0.507 e. The average molecular weight is 492 g/mol. The molecule has 4 rings (SSSR count). The van der Waals surface area contributed by atoms with Crippen LogP contribution >= 0.6 is 0 Å². The Morgan fingerprint density at radius 3 is 2.31 bits per heavy atom. The normalized spacial score (nSPS) is 17.0. The van der Waals surface area contributed by atoms with Crippen LogP contribution in [0.2, 0.25) is 0 Å². The van der Waals surface area contributed by atoms with Gasteiger partial charge in [0.25, 0.3) is 11.7 Å². The minimum absolute atomic E-state index is 0.0122. The molecule has 2 heterocycles. The fourth-order valence-corrected chi connectivity index (χ4v) is 4.15. The molecular formula is C28H29NO7. The van der Waals surface area contributed by atoms with Crippen LogP contribution < -0.4 is 19.1 Å². The number of benzene rings is 2. The van der Waals surface area contributed by atoms with E-state index >= 15 is 0 Å². The molecule has 0 saturated carbocycles. The number of carbonyl (C=O) groups excluding carboxylic acids is 2. The lowest BCUT2D eigenvalue weighted by Crippen LogP contribution is -2.29. The van der Waals surface area contributed by atoms with Crippen LogP contribution in [0.1, 0.15) is 45.1 Å². The van der Waals surface area contributed by atoms with E-state index in [4.69, 9.17) is 18.6 Å². The van der Waals surface area contributed by atoms with Gasteiger partial charge in [-0.2, -0.15) is 0 Å². The molecule has 1 aliphatic heterocycles. The van der Waals surface area contributed by atoms with Crippen molar-refractivity contribution >= 4 is 23.1 Å². The number of rotatable bonds is 9. The molecule has 8 heteroatoms. The summed E-state index contributed by atoms with van der Waals surface area (Å²) in [6.45, 7) is 8.30. The average Bonchev–Trinajstić information content (AvgIpc) is 3.47. The van der Waals surface area contributed by atoms with E-state index in [0.29, 0.717) is 41.9 Å². The maximum absolute atomic E-state index is 13.3. The Kier molecular flexibility index (Phi) is 7.33. The number of amides is 1. The Balaban J connectivity index is 1.84. The number of hydrogen-bond acceptors (Lipinski definition) is 7. The molecule has 1 aromatic heterocycles. The summed E-state index contributed by atoms with van der Waals surface area (Å²) < 4.78 is 22.6. The summed E-state index contributed by atoms with van der Waals surface area (Å²) in [5.41, 5.74) is 0.642. The Morgan fingerprint density at radius 1 is 1.00 bits per heavy atom. The summed E-state index contributed by atoms with van der Waals surface area (Å²) in [5, 5.41) is 11.4. The second kappa shape index (κ2) is 10.6. The summed E-state index contributed by atoms with van der Waals surface area (Å²) in [6, 6.07) is 14.1. The summed E-state index contributed by atoms with van der Waals surface area (Å²) in [6.07, 6.45) is 1.44. The molecule has 1 aliphatic rings. The molecule has 3 aromatic rings. The van der Waals surface area contributed by atoms with Crippen molar-refractivity contribution in [2.75, 3.05) is 18.1 Å². The number of carbonyl (C=O) groups is 2. The number of anilines is 1. The Labute approximate surface area is 209 Å². The molecule has 188 valence electrons. The summed E-state index contributed by atoms with van der Waals surface area (Å²) >= 11 is 0. The summed E-state index contributed by atoms with van der Waals surface area (Å²) in [5.74, 6) is -0.0989. The van der Waals surface area contributed by atoms with Crippen LogP contribution in [0.4, 0.5) is 5.69 Å². The molecule has 0 spiro atoms. The molecule has 1 fully saturated rings. The predicted octanol–water partition coefficient (Wildman–Crippen LogP) is 5.49. The zero-order chi connectivity index (χ0) is 25.8. The van der Waals surface area contributed by atoms with E-state index < -0.39 is 17.7 Å². The fraction of sp³-hybridized carbons (Fsp3) is 0.286. The summed E-state index contributed by atoms with van der Waals surface area (Å²) in [7, 11) is 0. The van der Waals surface area contributed by atoms with Gasteiger partial charge < -0.3 is 23.7 Å². The third kappa shape index (κ3) is 4.79. The quantitative estimate of drug-likeness (QED) is 0.240. The molecule has 0 bridgehead atoms. The van der Waals surface area contributed by atoms with Crippen molar-refractivity contribution in [1.82, 2.24) is 0 Å². The molecule has 2 aromatic carbocycles. The third-order valence-corrected chi connectivity index (χ3v) is 5.56. The van der Waals surface area contributed by atoms with Gasteiger partial charge in [-0.1, -0.05) is 0 Å². The van der Waals surface area contributed by atoms with E-state index in [1.807, 2.05) is 27.7 Å². The Hall–Kier alpha value is -4.20. The van der Waals surface area contributed by atoms with E-state index in [1.54, 1.807) is 54.6 Å². The van der Waals surface area contributed by atoms with Crippen molar-refractivity contribution < 1.29 is 33.3 Å². The molecule has 1 atom stereocenters. The highest BCUT2D eigenvalue weighted by Gasteiger charge is 2.48. The highest BCUT2D eigenvalue weighted by atomic mass is 16.5. The van der Waals surface area contributed by atoms with Crippen LogP contribution in [0.25, 0.3) is 5.76 Å². The van der Waals surface area contributed by atoms with Gasteiger partial charge in [0.1, 0.15) is 34.8 Å². The maximum atomic E-state index is 13.3. The van der Waals surface area contributed by atoms with Gasteiger partial charge in [0.15, 0.2) is 0 Å². The fourth-order valence-electron chi connectivity index (χ4n) is 4.15. The van der Waals surface area contributed by atoms with E-state index in [-0.39, 0.29) is 23.0 Å². The second-order valence-electron chi connectivity index (χ2n) is 8.37. The van der Waals surface area contributed by atoms with Crippen LogP contribution in [0.15, 0.2) is 70.9 Å². The monoisotopic (exact) mass is 491 g/mol. The highest BCUT2D eigenvalue weighted by molar-refractivity contribution is 6.51. The standard InChI is InChI=1S/C28H29NO7/c1-5-33-20-13-14-21(23(16-20)34-6-2)26(30)24-25(22-8-7-15-35-22)29(28(32)27(24)31)18-9-11-19(12-10-18)36-17(3)4/h7-17,25,30H,5-6H2,1-4H3/b26-24-. The smallest absolute Gasteiger partial charge is 0.300 e. The first-order chi connectivity index (χ1) is 17.3. The predicted molar refractivity (Wildman–Crippen MR) is 134 cm³/mol. The van der Waals surface area contributed by atoms with Gasteiger partial charge in [-0.25, -0.2) is 0 Å². The Morgan fingerprint density at radius 2 is 1.69 bits per heavy atom. The number of furan rings is 1. The van der Waals surface area contributed by atoms with Gasteiger partial charge in [0.05, 0.1) is 36.7 Å². The first kappa shape index (κ1) is 24.9. The molecule has 1 unspecified atom stereocenters. The first-order valence-electron chi connectivity index (χ1n) is 11.9.